The summed E-state index contributed by atoms with van der Waals surface area (Å²) in [5.41, 5.74) is 6.26. The molecule has 0 aromatic heterocycles. The van der Waals surface area contributed by atoms with E-state index >= 15 is 9.59 Å². The number of nitrogens with two attached hydrogens (primary N) is 1. The number of carboxylic acid groups (broad SMARTS) is 2. The summed E-state index contributed by atoms with van der Waals surface area (Å²) in [5.74, 6) is -20.8. The molecule has 19 N–H and O–H groups in total. The molecule has 4 heterocycles. The number of aliphatic hydroxyl groups excluding tert-OH is 1. The van der Waals surface area contributed by atoms with Crippen LogP contribution in [0, 0.1) is 0 Å². The average Bonchev–Trinajstić information content (AvgIpc) is 1.67. The van der Waals surface area contributed by atoms with E-state index in [0.717, 1.165) is 76.6 Å². The van der Waals surface area contributed by atoms with Gasteiger partial charge >= 0.3 is 11.9 Å². The Kier molecular flexibility index (Phi) is 31.9. The second-order valence-electron chi connectivity index (χ2n) is 23.2. The van der Waals surface area contributed by atoms with Crippen molar-refractivity contribution < 1.29 is 102 Å². The molecule has 0 unspecified atom stereocenters. The Morgan fingerprint density at radius 3 is 1.67 bits per heavy atom. The lowest BCUT2D eigenvalue weighted by Crippen LogP contribution is -2.61. The predicted octanol–water partition coefficient (Wildman–Crippen LogP) is -4.88. The molecular formula is C59H78N14O21S6. The molecule has 4 aliphatic heterocycles. The largest absolute Gasteiger partial charge is 0.508 e. The quantitative estimate of drug-likeness (QED) is 0.0660. The third-order valence-corrected chi connectivity index (χ3v) is 22.7. The van der Waals surface area contributed by atoms with Crippen LogP contribution in [0.2, 0.25) is 0 Å². The molecule has 4 bridgehead atoms. The van der Waals surface area contributed by atoms with Gasteiger partial charge in [-0.2, -0.15) is 0 Å². The van der Waals surface area contributed by atoms with E-state index in [2.05, 4.69) is 63.8 Å². The van der Waals surface area contributed by atoms with Gasteiger partial charge in [-0.05, 0) is 68.5 Å². The average molecular weight is 1510 g/mol. The van der Waals surface area contributed by atoms with Crippen molar-refractivity contribution in [2.45, 2.75) is 144 Å². The number of aliphatic hydroxyl groups is 1. The SMILES string of the molecule is C[C@@H]1NC(=O)[C@@H]2CCCN2C(=O)[C@H](CC(N)=O)NC(=O)[C@@H]2CSSCCC(=O)N[C@H]3CSSC[C@H](NC1=O)C(=O)N[C@@H]([C@@H](C)O)C(=O)NCC(=O)N[C@H](C(=O)N[C@@H](Cc1ccc(O)cc1)C(=O)O)CSSC[C@H](NC(=O)[C@H](Cc1ccc(O)cc1)NC(=O)[C@H](CCC(=O)O)NC3=O)C(=O)N2. The Bertz CT molecular complexity index is 3360. The number of aromatic hydroxyl groups is 2. The van der Waals surface area contributed by atoms with Crippen LogP contribution in [0.3, 0.4) is 0 Å². The molecule has 0 spiro atoms. The fourth-order valence-corrected chi connectivity index (χ4v) is 16.8. The minimum absolute atomic E-state index is 0.00240. The van der Waals surface area contributed by atoms with Crippen LogP contribution in [-0.4, -0.2) is 251 Å². The Labute approximate surface area is 595 Å². The van der Waals surface area contributed by atoms with E-state index in [1.165, 1.54) is 55.5 Å². The lowest BCUT2D eigenvalue weighted by atomic mass is 10.0. The standard InChI is InChI=1S/C59H78N14O21S6/c1-27-48(82)69-41-26-100-97-22-37-51(85)65-33(13-14-46(80)81)49(83)66-34(18-29-5-9-31(75)10-6-29)50(84)70-40(54(88)71-39(24-96-95-17-15-44(78)63-37)53(87)67-35(20-43(60)77)58(92)73-16-3-4-42(73)56(90)62-27)25-99-98-23-38(64-45(79)21-61-57(91)47(28(2)74)72-55(41)89)52(86)68-36(59(93)94)19-30-7-11-32(76)12-8-30/h5-12,27-28,33-42,47,74-76H,3-4,13-26H2,1-2H3,(H2,60,77)(H,61,91)(H,62,90)(H,63,78)(H,64,79)(H,65,85)(H,66,83)(H,67,87)(H,68,86)(H,69,82)(H,70,84)(H,71,88)(H,72,89)(H,80,81)(H,93,94)/t27-,28+,33-,34-,35-,36-,37-,38-,39-,40-,41-,42-,47-/m0/s1. The number of carboxylic acids is 2. The number of rotatable bonds is 13. The lowest BCUT2D eigenvalue weighted by molar-refractivity contribution is -0.143. The summed E-state index contributed by atoms with van der Waals surface area (Å²) < 4.78 is 0. The third kappa shape index (κ3) is 25.7. The number of hydrogen-bond acceptors (Lipinski definition) is 25. The first-order chi connectivity index (χ1) is 47.5. The van der Waals surface area contributed by atoms with Crippen LogP contribution in [0.1, 0.15) is 63.5 Å². The highest BCUT2D eigenvalue weighted by Crippen LogP contribution is 2.28. The molecule has 100 heavy (non-hydrogen) atoms. The summed E-state index contributed by atoms with van der Waals surface area (Å²) >= 11 is 0. The first-order valence-electron chi connectivity index (χ1n) is 31.1. The molecule has 41 heteroatoms. The van der Waals surface area contributed by atoms with Gasteiger partial charge in [0.05, 0.1) is 19.1 Å². The molecule has 35 nitrogen and oxygen atoms in total. The molecule has 0 radical (unpaired) electrons. The first-order valence-corrected chi connectivity index (χ1v) is 38.5. The van der Waals surface area contributed by atoms with Crippen molar-refractivity contribution in [1.82, 2.24) is 68.7 Å². The van der Waals surface area contributed by atoms with Crippen LogP contribution in [0.4, 0.5) is 0 Å². The fraction of sp³-hybridized carbons (Fsp3) is 0.525. The summed E-state index contributed by atoms with van der Waals surface area (Å²) in [6.45, 7) is 1.22. The molecule has 4 aliphatic rings. The predicted molar refractivity (Wildman–Crippen MR) is 368 cm³/mol. The van der Waals surface area contributed by atoms with Crippen molar-refractivity contribution in [3.8, 4) is 11.5 Å². The molecule has 4 saturated heterocycles. The lowest BCUT2D eigenvalue weighted by Gasteiger charge is -2.30. The first kappa shape index (κ1) is 80.6. The van der Waals surface area contributed by atoms with E-state index < -0.39 is 234 Å². The smallest absolute Gasteiger partial charge is 0.326 e. The molecule has 14 amide bonds. The molecule has 0 saturated carbocycles. The zero-order valence-electron chi connectivity index (χ0n) is 53.7. The van der Waals surface area contributed by atoms with Gasteiger partial charge in [0.25, 0.3) is 0 Å². The Morgan fingerprint density at radius 2 is 1.09 bits per heavy atom. The Morgan fingerprint density at radius 1 is 0.580 bits per heavy atom. The molecule has 13 atom stereocenters. The highest BCUT2D eigenvalue weighted by molar-refractivity contribution is 8.77. The summed E-state index contributed by atoms with van der Waals surface area (Å²) in [6.07, 6.45) is -4.93. The number of benzene rings is 2. The summed E-state index contributed by atoms with van der Waals surface area (Å²) in [5, 5.41) is 80.6. The van der Waals surface area contributed by atoms with Gasteiger partial charge in [0, 0.05) is 66.7 Å². The van der Waals surface area contributed by atoms with Gasteiger partial charge in [-0.25, -0.2) is 4.79 Å². The number of carbonyl (C=O) groups is 16. The number of carbonyl (C=O) groups excluding carboxylic acids is 14. The molecule has 2 aromatic rings. The van der Waals surface area contributed by atoms with Crippen LogP contribution in [0.25, 0.3) is 0 Å². The molecule has 0 aliphatic carbocycles. The van der Waals surface area contributed by atoms with Crippen LogP contribution in [0.15, 0.2) is 48.5 Å². The number of nitrogens with one attached hydrogen (secondary N) is 12. The third-order valence-electron chi connectivity index (χ3n) is 15.4. The van der Waals surface area contributed by atoms with E-state index in [-0.39, 0.29) is 55.0 Å². The van der Waals surface area contributed by atoms with Crippen molar-refractivity contribution >= 4 is 159 Å². The number of fused-ring (bicyclic) bond motifs is 20. The van der Waals surface area contributed by atoms with Crippen molar-refractivity contribution in [1.29, 1.82) is 0 Å². The van der Waals surface area contributed by atoms with Gasteiger partial charge < -0.3 is 100.0 Å². The van der Waals surface area contributed by atoms with Crippen molar-refractivity contribution in [3.63, 3.8) is 0 Å². The Balaban J connectivity index is 1.54. The number of amides is 14. The van der Waals surface area contributed by atoms with Crippen LogP contribution >= 0.6 is 64.8 Å². The zero-order chi connectivity index (χ0) is 73.3. The molecule has 546 valence electrons. The van der Waals surface area contributed by atoms with Gasteiger partial charge in [0.15, 0.2) is 0 Å². The van der Waals surface area contributed by atoms with Crippen LogP contribution in [-0.2, 0) is 89.6 Å². The van der Waals surface area contributed by atoms with Crippen molar-refractivity contribution in [2.75, 3.05) is 47.6 Å². The van der Waals surface area contributed by atoms with Gasteiger partial charge in [-0.3, -0.25) is 71.9 Å². The normalized spacial score (nSPS) is 26.8. The van der Waals surface area contributed by atoms with E-state index in [1.807, 2.05) is 0 Å². The summed E-state index contributed by atoms with van der Waals surface area (Å²) in [4.78, 5) is 226. The zero-order valence-corrected chi connectivity index (χ0v) is 58.6. The molecule has 4 fully saturated rings. The molecule has 6 rings (SSSR count). The van der Waals surface area contributed by atoms with E-state index in [4.69, 9.17) is 5.73 Å². The van der Waals surface area contributed by atoms with E-state index in [1.54, 1.807) is 0 Å². The maximum Gasteiger partial charge on any atom is 0.326 e. The second kappa shape index (κ2) is 39.6. The number of primary amides is 1. The monoisotopic (exact) mass is 1510 g/mol. The highest BCUT2D eigenvalue weighted by Gasteiger charge is 2.42. The van der Waals surface area contributed by atoms with Crippen molar-refractivity contribution in [3.05, 3.63) is 59.7 Å². The van der Waals surface area contributed by atoms with Gasteiger partial charge in [-0.1, -0.05) is 89.0 Å². The minimum Gasteiger partial charge on any atom is -0.508 e. The summed E-state index contributed by atoms with van der Waals surface area (Å²) in [6, 6.07) is -9.82. The number of aliphatic carboxylic acids is 2. The molecule has 2 aromatic carbocycles. The highest BCUT2D eigenvalue weighted by atomic mass is 33.1. The number of phenols is 2. The Hall–Kier alpha value is -8.38. The fourth-order valence-electron chi connectivity index (χ4n) is 10.0. The second-order valence-corrected chi connectivity index (χ2v) is 30.9. The van der Waals surface area contributed by atoms with E-state index in [0.29, 0.717) is 5.56 Å². The maximum absolute atomic E-state index is 15.1. The minimum atomic E-state index is -1.91. The maximum atomic E-state index is 15.1. The summed E-state index contributed by atoms with van der Waals surface area (Å²) in [7, 11) is 5.03. The number of nitrogens with zero attached hydrogens (tertiary/aromatic N) is 1. The van der Waals surface area contributed by atoms with Crippen LogP contribution < -0.4 is 69.5 Å². The van der Waals surface area contributed by atoms with Crippen molar-refractivity contribution in [2.24, 2.45) is 5.73 Å². The topological polar surface area (TPSA) is 548 Å². The van der Waals surface area contributed by atoms with E-state index in [9.17, 15) is 92.7 Å². The van der Waals surface area contributed by atoms with Gasteiger partial charge in [0.1, 0.15) is 84.0 Å². The van der Waals surface area contributed by atoms with Gasteiger partial charge in [-0.15, -0.1) is 0 Å². The molecular weight excluding hydrogens is 1430 g/mol. The van der Waals surface area contributed by atoms with Gasteiger partial charge in [0.2, 0.25) is 82.7 Å². The number of phenolic OH excluding ortho intramolecular Hbond substituents is 2. The number of hydrogen-bond donors (Lipinski definition) is 18. The van der Waals surface area contributed by atoms with Crippen LogP contribution in [0.5, 0.6) is 11.5 Å².